The van der Waals surface area contributed by atoms with Crippen LogP contribution in [0, 0.1) is 0 Å². The van der Waals surface area contributed by atoms with Gasteiger partial charge in [-0.15, -0.1) is 0 Å². The summed E-state index contributed by atoms with van der Waals surface area (Å²) in [6.07, 6.45) is 49.6. The fraction of sp³-hybridized carbons (Fsp3) is 0.717. The average Bonchev–Trinajstić information content (AvgIpc) is 3.13. The summed E-state index contributed by atoms with van der Waals surface area (Å²) in [5.41, 5.74) is 0. The van der Waals surface area contributed by atoms with Crippen LogP contribution < -0.4 is 10.2 Å². The van der Waals surface area contributed by atoms with Crippen molar-refractivity contribution in [1.82, 2.24) is 5.32 Å². The van der Waals surface area contributed by atoms with Crippen molar-refractivity contribution in [2.45, 2.75) is 174 Å². The average molecular weight is 791 g/mol. The van der Waals surface area contributed by atoms with Crippen LogP contribution in [0.15, 0.2) is 72.9 Å². The van der Waals surface area contributed by atoms with Gasteiger partial charge in [0.1, 0.15) is 13.2 Å². The van der Waals surface area contributed by atoms with Gasteiger partial charge in [-0.1, -0.05) is 151 Å². The van der Waals surface area contributed by atoms with E-state index in [4.69, 9.17) is 9.05 Å². The van der Waals surface area contributed by atoms with Crippen LogP contribution in [0.4, 0.5) is 0 Å². The Morgan fingerprint density at radius 1 is 0.655 bits per heavy atom. The molecule has 0 bridgehead atoms. The molecule has 0 aromatic heterocycles. The second-order valence-corrected chi connectivity index (χ2v) is 17.1. The third-order valence-electron chi connectivity index (χ3n) is 9.13. The number of carbonyl (C=O) groups is 1. The van der Waals surface area contributed by atoms with Gasteiger partial charge in [0.15, 0.2) is 0 Å². The van der Waals surface area contributed by atoms with E-state index >= 15 is 0 Å². The van der Waals surface area contributed by atoms with E-state index in [1.165, 1.54) is 64.2 Å². The number of likely N-dealkylation sites (N-methyl/N-ethyl adjacent to an activating group) is 1. The van der Waals surface area contributed by atoms with Gasteiger partial charge in [0.05, 0.1) is 39.9 Å². The highest BCUT2D eigenvalue weighted by molar-refractivity contribution is 7.45. The SMILES string of the molecule is CC/C=C/CC/C=C/CC/C=C/C(O)C(COP(=O)([O-])OCC[N+](C)(C)C)NC(=O)CCCCCCCCCC/C=C\C/C=C\C/C=C\CCCCCCC. The number of hydrogen-bond acceptors (Lipinski definition) is 6. The number of aliphatic hydroxyl groups excluding tert-OH is 1. The van der Waals surface area contributed by atoms with Gasteiger partial charge in [-0.05, 0) is 77.0 Å². The second kappa shape index (κ2) is 37.5. The van der Waals surface area contributed by atoms with Crippen LogP contribution in [0.2, 0.25) is 0 Å². The van der Waals surface area contributed by atoms with Crippen molar-refractivity contribution < 1.29 is 32.9 Å². The molecule has 0 saturated carbocycles. The van der Waals surface area contributed by atoms with E-state index in [0.717, 1.165) is 77.0 Å². The summed E-state index contributed by atoms with van der Waals surface area (Å²) >= 11 is 0. The normalized spacial score (nSPS) is 15.1. The number of amides is 1. The second-order valence-electron chi connectivity index (χ2n) is 15.6. The maximum atomic E-state index is 12.8. The molecule has 0 spiro atoms. The lowest BCUT2D eigenvalue weighted by Crippen LogP contribution is -2.45. The van der Waals surface area contributed by atoms with Crippen LogP contribution in [0.1, 0.15) is 162 Å². The Morgan fingerprint density at radius 2 is 1.13 bits per heavy atom. The molecule has 0 radical (unpaired) electrons. The Bertz CT molecular complexity index is 1120. The van der Waals surface area contributed by atoms with Crippen LogP contribution >= 0.6 is 7.82 Å². The Hall–Kier alpha value is -2.06. The molecule has 318 valence electrons. The molecule has 0 aromatic carbocycles. The van der Waals surface area contributed by atoms with Crippen molar-refractivity contribution in [3.05, 3.63) is 72.9 Å². The van der Waals surface area contributed by atoms with Gasteiger partial charge in [0, 0.05) is 6.42 Å². The van der Waals surface area contributed by atoms with Gasteiger partial charge in [0.25, 0.3) is 7.82 Å². The minimum absolute atomic E-state index is 0.0144. The lowest BCUT2D eigenvalue weighted by atomic mass is 10.1. The number of hydrogen-bond donors (Lipinski definition) is 2. The van der Waals surface area contributed by atoms with Crippen molar-refractivity contribution >= 4 is 13.7 Å². The molecule has 3 unspecified atom stereocenters. The number of quaternary nitrogens is 1. The number of phosphoric ester groups is 1. The standard InChI is InChI=1S/C46H83N2O6P/c1-6-8-10-12-14-16-18-19-20-21-22-23-24-25-26-27-28-29-30-32-34-36-38-40-46(50)47-44(43-54-55(51,52)53-42-41-48(3,4)5)45(49)39-37-35-33-31-17-15-13-11-9-7-2/h9,11,17-19,21-22,24-25,31,37,39,44-45,49H,6-8,10,12-16,20,23,26-30,32-36,38,40-43H2,1-5H3,(H-,47,50,51,52)/b11-9+,19-18-,22-21-,25-24-,31-17+,39-37+. The number of carbonyl (C=O) groups excluding carboxylic acids is 1. The summed E-state index contributed by atoms with van der Waals surface area (Å²) in [4.78, 5) is 25.2. The van der Waals surface area contributed by atoms with Gasteiger partial charge in [0.2, 0.25) is 5.91 Å². The zero-order chi connectivity index (χ0) is 40.7. The van der Waals surface area contributed by atoms with Crippen molar-refractivity contribution in [3.8, 4) is 0 Å². The molecular weight excluding hydrogens is 707 g/mol. The minimum atomic E-state index is -4.60. The number of phosphoric acid groups is 1. The third kappa shape index (κ3) is 40.0. The Labute approximate surface area is 338 Å². The van der Waals surface area contributed by atoms with E-state index in [2.05, 4.69) is 79.9 Å². The maximum absolute atomic E-state index is 12.8. The molecule has 0 saturated heterocycles. The Kier molecular flexibility index (Phi) is 36.1. The molecule has 9 heteroatoms. The first kappa shape index (κ1) is 52.9. The topological polar surface area (TPSA) is 108 Å². The summed E-state index contributed by atoms with van der Waals surface area (Å²) in [5, 5.41) is 13.7. The number of rotatable bonds is 38. The number of unbranched alkanes of at least 4 members (excludes halogenated alkanes) is 15. The highest BCUT2D eigenvalue weighted by atomic mass is 31.2. The number of nitrogens with one attached hydrogen (secondary N) is 1. The lowest BCUT2D eigenvalue weighted by molar-refractivity contribution is -0.870. The van der Waals surface area contributed by atoms with Gasteiger partial charge in [-0.2, -0.15) is 0 Å². The molecule has 0 aromatic rings. The van der Waals surface area contributed by atoms with E-state index < -0.39 is 26.6 Å². The van der Waals surface area contributed by atoms with E-state index in [1.54, 1.807) is 6.08 Å². The molecule has 0 rings (SSSR count). The van der Waals surface area contributed by atoms with E-state index in [-0.39, 0.29) is 12.5 Å². The van der Waals surface area contributed by atoms with Crippen molar-refractivity contribution in [2.75, 3.05) is 40.9 Å². The Morgan fingerprint density at radius 3 is 1.67 bits per heavy atom. The molecule has 1 amide bonds. The van der Waals surface area contributed by atoms with Crippen LogP contribution in [0.25, 0.3) is 0 Å². The summed E-state index contributed by atoms with van der Waals surface area (Å²) < 4.78 is 23.1. The number of allylic oxidation sites excluding steroid dienone is 11. The van der Waals surface area contributed by atoms with Crippen LogP contribution in [0.3, 0.4) is 0 Å². The van der Waals surface area contributed by atoms with Gasteiger partial charge in [-0.25, -0.2) is 0 Å². The summed E-state index contributed by atoms with van der Waals surface area (Å²) in [5.74, 6) is -0.225. The van der Waals surface area contributed by atoms with Crippen molar-refractivity contribution in [1.29, 1.82) is 0 Å². The van der Waals surface area contributed by atoms with Crippen molar-refractivity contribution in [3.63, 3.8) is 0 Å². The predicted octanol–water partition coefficient (Wildman–Crippen LogP) is 11.4. The first-order valence-electron chi connectivity index (χ1n) is 21.8. The lowest BCUT2D eigenvalue weighted by Gasteiger charge is -2.29. The van der Waals surface area contributed by atoms with E-state index in [1.807, 2.05) is 27.2 Å². The molecule has 0 fully saturated rings. The molecule has 3 atom stereocenters. The predicted molar refractivity (Wildman–Crippen MR) is 233 cm³/mol. The first-order valence-corrected chi connectivity index (χ1v) is 23.3. The largest absolute Gasteiger partial charge is 0.756 e. The fourth-order valence-corrected chi connectivity index (χ4v) is 6.39. The molecule has 2 N–H and O–H groups in total. The minimum Gasteiger partial charge on any atom is -0.756 e. The highest BCUT2D eigenvalue weighted by Crippen LogP contribution is 2.38. The molecular formula is C46H83N2O6P. The monoisotopic (exact) mass is 791 g/mol. The van der Waals surface area contributed by atoms with Crippen LogP contribution in [-0.2, 0) is 18.4 Å². The highest BCUT2D eigenvalue weighted by Gasteiger charge is 2.23. The Balaban J connectivity index is 4.35. The molecule has 0 aliphatic carbocycles. The zero-order valence-electron chi connectivity index (χ0n) is 35.9. The first-order chi connectivity index (χ1) is 26.5. The molecule has 8 nitrogen and oxygen atoms in total. The van der Waals surface area contributed by atoms with Crippen molar-refractivity contribution in [2.24, 2.45) is 0 Å². The quantitative estimate of drug-likeness (QED) is 0.0279. The maximum Gasteiger partial charge on any atom is 0.268 e. The fourth-order valence-electron chi connectivity index (χ4n) is 5.67. The smallest absolute Gasteiger partial charge is 0.268 e. The third-order valence-corrected chi connectivity index (χ3v) is 10.1. The van der Waals surface area contributed by atoms with Gasteiger partial charge >= 0.3 is 0 Å². The number of nitrogens with zero attached hydrogens (tertiary/aromatic N) is 1. The summed E-state index contributed by atoms with van der Waals surface area (Å²) in [7, 11) is 1.21. The molecule has 0 aliphatic rings. The summed E-state index contributed by atoms with van der Waals surface area (Å²) in [6, 6.07) is -0.915. The van der Waals surface area contributed by atoms with E-state index in [9.17, 15) is 19.4 Å². The molecule has 55 heavy (non-hydrogen) atoms. The van der Waals surface area contributed by atoms with E-state index in [0.29, 0.717) is 17.4 Å². The van der Waals surface area contributed by atoms with Crippen LogP contribution in [-0.4, -0.2) is 68.5 Å². The zero-order valence-corrected chi connectivity index (χ0v) is 36.7. The molecule has 0 heterocycles. The number of aliphatic hydroxyl groups is 1. The van der Waals surface area contributed by atoms with Gasteiger partial charge < -0.3 is 28.8 Å². The van der Waals surface area contributed by atoms with Crippen LogP contribution in [0.5, 0.6) is 0 Å². The summed E-state index contributed by atoms with van der Waals surface area (Å²) in [6.45, 7) is 4.45. The molecule has 0 aliphatic heterocycles. The van der Waals surface area contributed by atoms with Gasteiger partial charge in [-0.3, -0.25) is 9.36 Å².